The molecule has 22 nitrogen and oxygen atoms in total. The van der Waals surface area contributed by atoms with Crippen LogP contribution in [0, 0.1) is 0 Å². The van der Waals surface area contributed by atoms with Crippen molar-refractivity contribution >= 4 is 16.9 Å². The van der Waals surface area contributed by atoms with Gasteiger partial charge in [-0.3, -0.25) is 4.79 Å². The summed E-state index contributed by atoms with van der Waals surface area (Å²) in [6.07, 6.45) is -24.8. The fourth-order valence-electron chi connectivity index (χ4n) is 7.14. The molecule has 0 bridgehead atoms. The molecule has 63 heavy (non-hydrogen) atoms. The molecule has 0 amide bonds. The van der Waals surface area contributed by atoms with E-state index in [1.54, 1.807) is 12.1 Å². The Morgan fingerprint density at radius 2 is 1.33 bits per heavy atom. The summed E-state index contributed by atoms with van der Waals surface area (Å²) in [6.45, 7) is -1.85. The van der Waals surface area contributed by atoms with E-state index in [0.29, 0.717) is 0 Å². The van der Waals surface area contributed by atoms with Gasteiger partial charge >= 0.3 is 17.3 Å². The molecular formula is C41H47O22+. The molecule has 4 aromatic rings. The van der Waals surface area contributed by atoms with Crippen molar-refractivity contribution in [2.45, 2.75) is 98.9 Å². The minimum atomic E-state index is -2.01. The number of carbonyl (C=O) groups is 1. The fraction of sp³-hybridized carbons (Fsp3) is 0.463. The highest BCUT2D eigenvalue weighted by Gasteiger charge is 2.52. The van der Waals surface area contributed by atoms with Crippen LogP contribution in [0.2, 0.25) is 0 Å². The molecule has 22 heteroatoms. The second-order valence-electron chi connectivity index (χ2n) is 15.2. The normalized spacial score (nSPS) is 32.3. The van der Waals surface area contributed by atoms with E-state index in [1.807, 2.05) is 0 Å². The third kappa shape index (κ3) is 10.1. The summed E-state index contributed by atoms with van der Waals surface area (Å²) >= 11 is 0. The molecule has 0 spiro atoms. The Bertz CT molecular complexity index is 2210. The number of aryl methyl sites for hydroxylation is 1. The van der Waals surface area contributed by atoms with E-state index >= 15 is 0 Å². The van der Waals surface area contributed by atoms with Crippen molar-refractivity contribution in [3.63, 3.8) is 0 Å². The highest BCUT2D eigenvalue weighted by molar-refractivity contribution is 5.88. The van der Waals surface area contributed by atoms with Crippen LogP contribution >= 0.6 is 0 Å². The second kappa shape index (κ2) is 19.3. The Kier molecular flexibility index (Phi) is 14.0. The maximum absolute atomic E-state index is 12.5. The lowest BCUT2D eigenvalue weighted by Gasteiger charge is -2.45. The number of benzene rings is 3. The summed E-state index contributed by atoms with van der Waals surface area (Å²) in [5, 5.41) is 137. The van der Waals surface area contributed by atoms with Gasteiger partial charge in [0.2, 0.25) is 12.0 Å². The van der Waals surface area contributed by atoms with Crippen molar-refractivity contribution in [3.8, 4) is 45.8 Å². The monoisotopic (exact) mass is 891 g/mol. The van der Waals surface area contributed by atoms with E-state index < -0.39 is 129 Å². The van der Waals surface area contributed by atoms with Crippen LogP contribution in [0.5, 0.6) is 34.5 Å². The van der Waals surface area contributed by atoms with Crippen LogP contribution in [-0.4, -0.2) is 178 Å². The number of fused-ring (bicyclic) bond motifs is 1. The van der Waals surface area contributed by atoms with Crippen LogP contribution in [0.3, 0.4) is 0 Å². The van der Waals surface area contributed by atoms with E-state index in [4.69, 9.17) is 37.6 Å². The SMILES string of the molecule is O=C(CCc1ccc(O)cc1)OC[C@H]1O[C@@H](OC[C@H]2O[C@@H](Oc3cc4c(O)cc(O)cc4[o+]c3-c3ccc(O)c(O)c3)[C@H](O[C@@H]3OC[C@@H](O)[C@H](O)[C@H]3O)[C@@H](O)[C@H]2O)[C@H](O)[C@@H](O)[C@@H]1O. The lowest BCUT2D eigenvalue weighted by molar-refractivity contribution is -0.353. The average Bonchev–Trinajstić information content (AvgIpc) is 3.25. The standard InChI is InChI=1S/C41H46O22/c42-18-5-1-16(2-6-18)3-8-29(48)56-14-27-31(50)33(52)36(55)39(61-27)58-15-28-32(51)34(53)38(63-40-35(54)30(49)24(47)13-57-40)41(62-28)60-26-12-20-22(45)10-19(43)11-25(20)59-37(26)17-4-7-21(44)23(46)9-17/h1-2,4-7,9-12,24,27-28,30-36,38-41,47,49-55H,3,8,13-15H2,(H4-,42,43,44,45,46)/p+1/t24-,27-,28-,30+,31-,32+,33+,34+,35-,36-,38-,39-,40+,41-/m1/s1. The summed E-state index contributed by atoms with van der Waals surface area (Å²) in [7, 11) is 0. The minimum absolute atomic E-state index is 0.0341. The van der Waals surface area contributed by atoms with Gasteiger partial charge in [0, 0.05) is 24.6 Å². The van der Waals surface area contributed by atoms with Crippen molar-refractivity contribution in [1.29, 1.82) is 0 Å². The Balaban J connectivity index is 1.12. The zero-order valence-electron chi connectivity index (χ0n) is 32.9. The first kappa shape index (κ1) is 45.8. The quantitative estimate of drug-likeness (QED) is 0.0415. The van der Waals surface area contributed by atoms with Gasteiger partial charge in [-0.15, -0.1) is 0 Å². The minimum Gasteiger partial charge on any atom is -0.508 e. The summed E-state index contributed by atoms with van der Waals surface area (Å²) in [5.41, 5.74) is 0.703. The molecule has 7 rings (SSSR count). The molecule has 3 aromatic carbocycles. The number of rotatable bonds is 13. The Morgan fingerprint density at radius 1 is 0.651 bits per heavy atom. The highest BCUT2D eigenvalue weighted by Crippen LogP contribution is 2.43. The number of phenolic OH excluding ortho intramolecular Hbond substituents is 5. The van der Waals surface area contributed by atoms with Gasteiger partial charge in [0.15, 0.2) is 30.2 Å². The topological polar surface area (TPSA) is 356 Å². The summed E-state index contributed by atoms with van der Waals surface area (Å²) < 4.78 is 46.1. The third-order valence-corrected chi connectivity index (χ3v) is 10.7. The maximum Gasteiger partial charge on any atom is 0.402 e. The molecule has 0 saturated carbocycles. The van der Waals surface area contributed by atoms with Gasteiger partial charge in [-0.2, -0.15) is 0 Å². The highest BCUT2D eigenvalue weighted by atomic mass is 16.8. The van der Waals surface area contributed by atoms with Gasteiger partial charge in [0.1, 0.15) is 90.3 Å². The molecule has 3 saturated heterocycles. The third-order valence-electron chi connectivity index (χ3n) is 10.7. The number of phenols is 5. The van der Waals surface area contributed by atoms with Crippen LogP contribution in [0.25, 0.3) is 22.3 Å². The molecule has 4 heterocycles. The van der Waals surface area contributed by atoms with Crippen molar-refractivity contribution in [1.82, 2.24) is 0 Å². The van der Waals surface area contributed by atoms with Gasteiger partial charge in [0.25, 0.3) is 0 Å². The Hall–Kier alpha value is -5.18. The number of aromatic hydroxyl groups is 5. The Morgan fingerprint density at radius 3 is 2.06 bits per heavy atom. The summed E-state index contributed by atoms with van der Waals surface area (Å²) in [6, 6.07) is 13.1. The molecule has 342 valence electrons. The van der Waals surface area contributed by atoms with E-state index in [0.717, 1.165) is 29.8 Å². The van der Waals surface area contributed by atoms with Crippen LogP contribution in [-0.2, 0) is 39.6 Å². The van der Waals surface area contributed by atoms with E-state index in [1.165, 1.54) is 24.3 Å². The second-order valence-corrected chi connectivity index (χ2v) is 15.2. The average molecular weight is 892 g/mol. The van der Waals surface area contributed by atoms with E-state index in [-0.39, 0.29) is 52.4 Å². The maximum atomic E-state index is 12.5. The fourth-order valence-corrected chi connectivity index (χ4v) is 7.14. The molecule has 14 atom stereocenters. The molecule has 3 fully saturated rings. The van der Waals surface area contributed by atoms with Gasteiger partial charge in [0.05, 0.1) is 24.8 Å². The lowest BCUT2D eigenvalue weighted by Crippen LogP contribution is -2.64. The molecule has 3 aliphatic rings. The number of ether oxygens (including phenoxy) is 7. The molecule has 0 aliphatic carbocycles. The molecule has 0 radical (unpaired) electrons. The first-order valence-electron chi connectivity index (χ1n) is 19.6. The summed E-state index contributed by atoms with van der Waals surface area (Å²) in [5.74, 6) is -3.12. The first-order valence-corrected chi connectivity index (χ1v) is 19.6. The van der Waals surface area contributed by atoms with Gasteiger partial charge in [-0.05, 0) is 36.2 Å². The van der Waals surface area contributed by atoms with Gasteiger partial charge in [-0.1, -0.05) is 12.1 Å². The van der Waals surface area contributed by atoms with Crippen molar-refractivity contribution in [2.24, 2.45) is 0 Å². The zero-order valence-corrected chi connectivity index (χ0v) is 32.9. The van der Waals surface area contributed by atoms with Crippen LogP contribution in [0.15, 0.2) is 65.1 Å². The van der Waals surface area contributed by atoms with Crippen LogP contribution < -0.4 is 4.74 Å². The Labute approximate surface area is 356 Å². The molecule has 0 unspecified atom stereocenters. The lowest BCUT2D eigenvalue weighted by atomic mass is 9.97. The predicted octanol–water partition coefficient (Wildman–Crippen LogP) is -1.44. The first-order chi connectivity index (χ1) is 30.0. The van der Waals surface area contributed by atoms with Crippen molar-refractivity contribution < 1.29 is 109 Å². The number of esters is 1. The number of aliphatic hydroxyl groups is 8. The molecule has 13 N–H and O–H groups in total. The number of hydrogen-bond donors (Lipinski definition) is 13. The number of hydrogen-bond acceptors (Lipinski definition) is 21. The van der Waals surface area contributed by atoms with Crippen molar-refractivity contribution in [3.05, 3.63) is 66.2 Å². The predicted molar refractivity (Wildman–Crippen MR) is 207 cm³/mol. The van der Waals surface area contributed by atoms with Crippen molar-refractivity contribution in [2.75, 3.05) is 19.8 Å². The van der Waals surface area contributed by atoms with Gasteiger partial charge < -0.3 is 99.5 Å². The molecular weight excluding hydrogens is 844 g/mol. The zero-order chi connectivity index (χ0) is 45.3. The van der Waals surface area contributed by atoms with Crippen LogP contribution in [0.1, 0.15) is 12.0 Å². The molecule has 1 aromatic heterocycles. The summed E-state index contributed by atoms with van der Waals surface area (Å²) in [4.78, 5) is 12.5. The van der Waals surface area contributed by atoms with Crippen LogP contribution in [0.4, 0.5) is 0 Å². The van der Waals surface area contributed by atoms with Gasteiger partial charge in [-0.25, -0.2) is 4.42 Å². The van der Waals surface area contributed by atoms with E-state index in [9.17, 15) is 71.2 Å². The van der Waals surface area contributed by atoms with E-state index in [2.05, 4.69) is 0 Å². The largest absolute Gasteiger partial charge is 0.508 e. The number of carbonyl (C=O) groups excluding carboxylic acids is 1. The smallest absolute Gasteiger partial charge is 0.402 e. The number of aliphatic hydroxyl groups excluding tert-OH is 8. The molecule has 3 aliphatic heterocycles.